The number of nitrogens with zero attached hydrogens (tertiary/aromatic N) is 2. The Hall–Kier alpha value is -3.07. The number of ether oxygens (including phenoxy) is 2. The second kappa shape index (κ2) is 8.35. The average molecular weight is 429 g/mol. The number of anilines is 1. The molecule has 4 rings (SSSR count). The van der Waals surface area contributed by atoms with E-state index in [0.29, 0.717) is 35.0 Å². The highest BCUT2D eigenvalue weighted by atomic mass is 32.2. The van der Waals surface area contributed by atoms with Gasteiger partial charge in [0.05, 0.1) is 10.5 Å². The smallest absolute Gasteiger partial charge is 0.284 e. The van der Waals surface area contributed by atoms with Crippen molar-refractivity contribution in [3.63, 3.8) is 0 Å². The summed E-state index contributed by atoms with van der Waals surface area (Å²) in [6.45, 7) is 0.847. The molecule has 1 fully saturated rings. The molecule has 0 aromatic heterocycles. The van der Waals surface area contributed by atoms with E-state index >= 15 is 0 Å². The number of amidine groups is 1. The molecule has 30 heavy (non-hydrogen) atoms. The van der Waals surface area contributed by atoms with Crippen molar-refractivity contribution in [1.82, 2.24) is 4.90 Å². The quantitative estimate of drug-likeness (QED) is 0.801. The van der Waals surface area contributed by atoms with Gasteiger partial charge in [-0.2, -0.15) is 8.42 Å². The lowest BCUT2D eigenvalue weighted by atomic mass is 10.1. The molecule has 2 aliphatic rings. The Morgan fingerprint density at radius 2 is 1.93 bits per heavy atom. The van der Waals surface area contributed by atoms with E-state index in [4.69, 9.17) is 9.47 Å². The van der Waals surface area contributed by atoms with Crippen molar-refractivity contribution in [2.24, 2.45) is 4.40 Å². The van der Waals surface area contributed by atoms with E-state index in [1.54, 1.807) is 30.3 Å². The Bertz CT molecular complexity index is 1100. The lowest BCUT2D eigenvalue weighted by Gasteiger charge is -2.17. The van der Waals surface area contributed by atoms with E-state index < -0.39 is 15.9 Å². The fourth-order valence-electron chi connectivity index (χ4n) is 3.48. The Morgan fingerprint density at radius 3 is 2.80 bits per heavy atom. The standard InChI is InChI=1S/C21H23N3O5S/c1-24-12-4-2-3-11-19(24)23-30(26,27)16-8-5-7-15(13-16)22-21(25)17-9-6-10-18-20(17)29-14-28-18/h5-10,13H,2-4,11-12,14H2,1H3,(H,22,25)/b23-19-. The SMILES string of the molecule is CN1CCCCC/C1=N/S(=O)(=O)c1cccc(NC(=O)c2cccc3c2OCO3)c1. The van der Waals surface area contributed by atoms with E-state index in [-0.39, 0.29) is 11.7 Å². The summed E-state index contributed by atoms with van der Waals surface area (Å²) in [6, 6.07) is 11.1. The van der Waals surface area contributed by atoms with Crippen molar-refractivity contribution in [2.45, 2.75) is 30.6 Å². The first-order valence-electron chi connectivity index (χ1n) is 9.79. The highest BCUT2D eigenvalue weighted by Crippen LogP contribution is 2.35. The van der Waals surface area contributed by atoms with Crippen molar-refractivity contribution in [2.75, 3.05) is 25.7 Å². The maximum Gasteiger partial charge on any atom is 0.284 e. The third-order valence-corrected chi connectivity index (χ3v) is 6.39. The third-order valence-electron chi connectivity index (χ3n) is 5.09. The van der Waals surface area contributed by atoms with Crippen LogP contribution in [0, 0.1) is 0 Å². The average Bonchev–Trinajstić information content (AvgIpc) is 3.13. The lowest BCUT2D eigenvalue weighted by Crippen LogP contribution is -2.26. The summed E-state index contributed by atoms with van der Waals surface area (Å²) in [6.07, 6.45) is 3.63. The molecule has 0 unspecified atom stereocenters. The van der Waals surface area contributed by atoms with Crippen molar-refractivity contribution < 1.29 is 22.7 Å². The molecule has 9 heteroatoms. The fourth-order valence-corrected chi connectivity index (χ4v) is 4.62. The second-order valence-electron chi connectivity index (χ2n) is 7.24. The van der Waals surface area contributed by atoms with Crippen LogP contribution in [-0.2, 0) is 10.0 Å². The largest absolute Gasteiger partial charge is 0.454 e. The summed E-state index contributed by atoms with van der Waals surface area (Å²) < 4.78 is 40.4. The predicted molar refractivity (Wildman–Crippen MR) is 113 cm³/mol. The first kappa shape index (κ1) is 20.2. The maximum absolute atomic E-state index is 12.9. The van der Waals surface area contributed by atoms with Crippen LogP contribution < -0.4 is 14.8 Å². The molecule has 0 aliphatic carbocycles. The molecule has 8 nitrogen and oxygen atoms in total. The van der Waals surface area contributed by atoms with Crippen LogP contribution in [0.1, 0.15) is 36.0 Å². The van der Waals surface area contributed by atoms with Crippen LogP contribution >= 0.6 is 0 Å². The summed E-state index contributed by atoms with van der Waals surface area (Å²) in [5, 5.41) is 2.73. The molecule has 0 radical (unpaired) electrons. The highest BCUT2D eigenvalue weighted by Gasteiger charge is 2.23. The minimum atomic E-state index is -3.89. The van der Waals surface area contributed by atoms with Gasteiger partial charge in [0.15, 0.2) is 11.5 Å². The van der Waals surface area contributed by atoms with Crippen molar-refractivity contribution in [3.8, 4) is 11.5 Å². The Balaban J connectivity index is 1.57. The van der Waals surface area contributed by atoms with E-state index in [0.717, 1.165) is 25.8 Å². The van der Waals surface area contributed by atoms with Gasteiger partial charge in [-0.25, -0.2) is 0 Å². The van der Waals surface area contributed by atoms with E-state index in [9.17, 15) is 13.2 Å². The second-order valence-corrected chi connectivity index (χ2v) is 8.84. The van der Waals surface area contributed by atoms with Crippen LogP contribution in [-0.4, -0.2) is 45.4 Å². The monoisotopic (exact) mass is 429 g/mol. The van der Waals surface area contributed by atoms with E-state index in [1.165, 1.54) is 12.1 Å². The summed E-state index contributed by atoms with van der Waals surface area (Å²) >= 11 is 0. The van der Waals surface area contributed by atoms with Crippen molar-refractivity contribution >= 4 is 27.5 Å². The summed E-state index contributed by atoms with van der Waals surface area (Å²) in [5.74, 6) is 1.03. The van der Waals surface area contributed by atoms with Crippen LogP contribution in [0.3, 0.4) is 0 Å². The number of fused-ring (bicyclic) bond motifs is 1. The van der Waals surface area contributed by atoms with Gasteiger partial charge < -0.3 is 19.7 Å². The Labute approximate surface area is 175 Å². The number of sulfonamides is 1. The zero-order valence-corrected chi connectivity index (χ0v) is 17.4. The molecular weight excluding hydrogens is 406 g/mol. The number of carbonyl (C=O) groups is 1. The Morgan fingerprint density at radius 1 is 1.10 bits per heavy atom. The van der Waals surface area contributed by atoms with Crippen molar-refractivity contribution in [1.29, 1.82) is 0 Å². The number of hydrogen-bond acceptors (Lipinski definition) is 5. The van der Waals surface area contributed by atoms with Gasteiger partial charge in [0.1, 0.15) is 5.84 Å². The summed E-state index contributed by atoms with van der Waals surface area (Å²) in [5.41, 5.74) is 0.672. The maximum atomic E-state index is 12.9. The van der Waals surface area contributed by atoms with Gasteiger partial charge in [-0.3, -0.25) is 4.79 Å². The molecule has 2 aliphatic heterocycles. The van der Waals surface area contributed by atoms with Gasteiger partial charge >= 0.3 is 0 Å². The van der Waals surface area contributed by atoms with Gasteiger partial charge in [-0.05, 0) is 43.2 Å². The van der Waals surface area contributed by atoms with Gasteiger partial charge in [-0.15, -0.1) is 4.40 Å². The molecule has 0 atom stereocenters. The molecule has 1 N–H and O–H groups in total. The predicted octanol–water partition coefficient (Wildman–Crippen LogP) is 3.26. The molecule has 1 saturated heterocycles. The molecule has 2 aromatic carbocycles. The number of amides is 1. The first-order chi connectivity index (χ1) is 14.4. The van der Waals surface area contributed by atoms with Gasteiger partial charge in [0.25, 0.3) is 15.9 Å². The zero-order chi connectivity index (χ0) is 21.1. The van der Waals surface area contributed by atoms with Gasteiger partial charge in [-0.1, -0.05) is 18.6 Å². The number of para-hydroxylation sites is 1. The summed E-state index contributed by atoms with van der Waals surface area (Å²) in [4.78, 5) is 14.6. The van der Waals surface area contributed by atoms with Crippen LogP contribution in [0.15, 0.2) is 51.8 Å². The van der Waals surface area contributed by atoms with Crippen molar-refractivity contribution in [3.05, 3.63) is 48.0 Å². The Kier molecular flexibility index (Phi) is 5.63. The van der Waals surface area contributed by atoms with E-state index in [2.05, 4.69) is 9.71 Å². The first-order valence-corrected chi connectivity index (χ1v) is 11.2. The van der Waals surface area contributed by atoms with Gasteiger partial charge in [0.2, 0.25) is 6.79 Å². The fraction of sp³-hybridized carbons (Fsp3) is 0.333. The number of benzene rings is 2. The van der Waals surface area contributed by atoms with Crippen LogP contribution in [0.5, 0.6) is 11.5 Å². The van der Waals surface area contributed by atoms with Gasteiger partial charge in [0, 0.05) is 25.7 Å². The minimum Gasteiger partial charge on any atom is -0.454 e. The lowest BCUT2D eigenvalue weighted by molar-refractivity contribution is 0.102. The topological polar surface area (TPSA) is 97.3 Å². The van der Waals surface area contributed by atoms with E-state index in [1.807, 2.05) is 11.9 Å². The molecule has 0 bridgehead atoms. The molecule has 2 heterocycles. The summed E-state index contributed by atoms with van der Waals surface area (Å²) in [7, 11) is -2.03. The van der Waals surface area contributed by atoms with Crippen LogP contribution in [0.4, 0.5) is 5.69 Å². The highest BCUT2D eigenvalue weighted by molar-refractivity contribution is 7.90. The molecule has 158 valence electrons. The number of nitrogens with one attached hydrogen (secondary N) is 1. The molecule has 0 saturated carbocycles. The number of rotatable bonds is 4. The third kappa shape index (κ3) is 4.25. The van der Waals surface area contributed by atoms with Crippen LogP contribution in [0.25, 0.3) is 0 Å². The molecule has 1 amide bonds. The molecule has 2 aromatic rings. The zero-order valence-electron chi connectivity index (χ0n) is 16.6. The molecule has 0 spiro atoms. The molecular formula is C21H23N3O5S. The number of carbonyl (C=O) groups excluding carboxylic acids is 1. The minimum absolute atomic E-state index is 0.0309. The number of hydrogen-bond donors (Lipinski definition) is 1. The number of likely N-dealkylation sites (tertiary alicyclic amines) is 1. The normalized spacial score (nSPS) is 17.6. The van der Waals surface area contributed by atoms with Crippen LogP contribution in [0.2, 0.25) is 0 Å².